The molecule has 0 amide bonds. The van der Waals surface area contributed by atoms with Crippen LogP contribution in [0.3, 0.4) is 0 Å². The lowest BCUT2D eigenvalue weighted by Crippen LogP contribution is -2.42. The van der Waals surface area contributed by atoms with Gasteiger partial charge in [0.25, 0.3) is 5.69 Å². The molecular weight excluding hydrogens is 278 g/mol. The first-order chi connectivity index (χ1) is 10.7. The molecule has 1 aliphatic heterocycles. The molecule has 1 N–H and O–H groups in total. The minimum atomic E-state index is -0.321. The Bertz CT molecular complexity index is 666. The van der Waals surface area contributed by atoms with Gasteiger partial charge in [-0.25, -0.2) is 0 Å². The van der Waals surface area contributed by atoms with Gasteiger partial charge in [-0.1, -0.05) is 30.3 Å². The van der Waals surface area contributed by atoms with E-state index in [4.69, 9.17) is 0 Å². The van der Waals surface area contributed by atoms with Gasteiger partial charge in [-0.05, 0) is 23.3 Å². The van der Waals surface area contributed by atoms with Crippen molar-refractivity contribution in [2.24, 2.45) is 0 Å². The highest BCUT2D eigenvalue weighted by Gasteiger charge is 2.15. The van der Waals surface area contributed by atoms with E-state index in [-0.39, 0.29) is 10.6 Å². The van der Waals surface area contributed by atoms with Gasteiger partial charge in [0.1, 0.15) is 0 Å². The molecule has 5 nitrogen and oxygen atoms in total. The molecule has 3 rings (SSSR count). The van der Waals surface area contributed by atoms with Crippen molar-refractivity contribution in [2.75, 3.05) is 26.2 Å². The fourth-order valence-electron chi connectivity index (χ4n) is 2.84. The van der Waals surface area contributed by atoms with Crippen LogP contribution in [0.1, 0.15) is 5.56 Å². The third-order valence-electron chi connectivity index (χ3n) is 3.95. The first-order valence-electron chi connectivity index (χ1n) is 7.50. The SMILES string of the molecule is O=[N+]([O-])c1ccccc1-c1cccc(CN2CCNCC2)c1. The Balaban J connectivity index is 1.86. The van der Waals surface area contributed by atoms with Gasteiger partial charge in [0.2, 0.25) is 0 Å². The molecule has 0 saturated carbocycles. The Morgan fingerprint density at radius 2 is 1.86 bits per heavy atom. The van der Waals surface area contributed by atoms with Crippen LogP contribution in [0.15, 0.2) is 48.5 Å². The van der Waals surface area contributed by atoms with Gasteiger partial charge >= 0.3 is 0 Å². The lowest BCUT2D eigenvalue weighted by atomic mass is 10.0. The van der Waals surface area contributed by atoms with Crippen molar-refractivity contribution in [3.8, 4) is 11.1 Å². The highest BCUT2D eigenvalue weighted by atomic mass is 16.6. The Labute approximate surface area is 129 Å². The number of hydrogen-bond acceptors (Lipinski definition) is 4. The topological polar surface area (TPSA) is 58.4 Å². The smallest absolute Gasteiger partial charge is 0.277 e. The molecule has 0 spiro atoms. The average molecular weight is 297 g/mol. The standard InChI is InChI=1S/C17H19N3O2/c21-20(22)17-7-2-1-6-16(17)15-5-3-4-14(12-15)13-19-10-8-18-9-11-19/h1-7,12,18H,8-11,13H2. The molecule has 0 aromatic heterocycles. The molecule has 2 aromatic rings. The molecule has 0 radical (unpaired) electrons. The van der Waals surface area contributed by atoms with E-state index < -0.39 is 0 Å². The second kappa shape index (κ2) is 6.68. The fourth-order valence-corrected chi connectivity index (χ4v) is 2.84. The Kier molecular flexibility index (Phi) is 4.46. The van der Waals surface area contributed by atoms with Gasteiger partial charge in [0.05, 0.1) is 10.5 Å². The van der Waals surface area contributed by atoms with Gasteiger partial charge in [0, 0.05) is 38.8 Å². The summed E-state index contributed by atoms with van der Waals surface area (Å²) < 4.78 is 0. The number of nitro groups is 1. The largest absolute Gasteiger partial charge is 0.314 e. The predicted octanol–water partition coefficient (Wildman–Crippen LogP) is 2.67. The van der Waals surface area contributed by atoms with Crippen LogP contribution in [0, 0.1) is 10.1 Å². The Morgan fingerprint density at radius 3 is 2.64 bits per heavy atom. The molecular formula is C17H19N3O2. The van der Waals surface area contributed by atoms with Gasteiger partial charge in [0.15, 0.2) is 0 Å². The highest BCUT2D eigenvalue weighted by Crippen LogP contribution is 2.30. The number of benzene rings is 2. The first kappa shape index (κ1) is 14.7. The van der Waals surface area contributed by atoms with E-state index in [1.54, 1.807) is 12.1 Å². The predicted molar refractivity (Wildman–Crippen MR) is 86.7 cm³/mol. The van der Waals surface area contributed by atoms with Crippen molar-refractivity contribution in [2.45, 2.75) is 6.54 Å². The zero-order chi connectivity index (χ0) is 15.4. The summed E-state index contributed by atoms with van der Waals surface area (Å²) in [5, 5.41) is 14.5. The molecule has 2 aromatic carbocycles. The summed E-state index contributed by atoms with van der Waals surface area (Å²) >= 11 is 0. The molecule has 1 aliphatic rings. The van der Waals surface area contributed by atoms with Gasteiger partial charge < -0.3 is 5.32 Å². The summed E-state index contributed by atoms with van der Waals surface area (Å²) in [6, 6.07) is 15.0. The number of nitrogens with one attached hydrogen (secondary N) is 1. The zero-order valence-corrected chi connectivity index (χ0v) is 12.4. The van der Waals surface area contributed by atoms with Crippen molar-refractivity contribution in [1.82, 2.24) is 10.2 Å². The van der Waals surface area contributed by atoms with Crippen LogP contribution in [0.2, 0.25) is 0 Å². The number of nitro benzene ring substituents is 1. The fraction of sp³-hybridized carbons (Fsp3) is 0.294. The van der Waals surface area contributed by atoms with Crippen LogP contribution < -0.4 is 5.32 Å². The molecule has 0 unspecified atom stereocenters. The van der Waals surface area contributed by atoms with Crippen molar-refractivity contribution in [3.63, 3.8) is 0 Å². The first-order valence-corrected chi connectivity index (χ1v) is 7.50. The average Bonchev–Trinajstić information content (AvgIpc) is 2.56. The maximum absolute atomic E-state index is 11.2. The number of nitrogens with zero attached hydrogens (tertiary/aromatic N) is 2. The molecule has 5 heteroatoms. The second-order valence-electron chi connectivity index (χ2n) is 5.50. The number of piperazine rings is 1. The molecule has 114 valence electrons. The van der Waals surface area contributed by atoms with Gasteiger partial charge in [-0.2, -0.15) is 0 Å². The quantitative estimate of drug-likeness (QED) is 0.696. The molecule has 1 saturated heterocycles. The Hall–Kier alpha value is -2.24. The minimum absolute atomic E-state index is 0.154. The molecule has 0 atom stereocenters. The maximum Gasteiger partial charge on any atom is 0.277 e. The van der Waals surface area contributed by atoms with Crippen molar-refractivity contribution < 1.29 is 4.92 Å². The third-order valence-corrected chi connectivity index (χ3v) is 3.95. The van der Waals surface area contributed by atoms with Crippen LogP contribution in [0.4, 0.5) is 5.69 Å². The number of para-hydroxylation sites is 1. The van der Waals surface area contributed by atoms with E-state index in [0.717, 1.165) is 38.3 Å². The summed E-state index contributed by atoms with van der Waals surface area (Å²) in [4.78, 5) is 13.3. The van der Waals surface area contributed by atoms with Crippen LogP contribution in [-0.2, 0) is 6.54 Å². The summed E-state index contributed by atoms with van der Waals surface area (Å²) in [6.45, 7) is 5.00. The zero-order valence-electron chi connectivity index (χ0n) is 12.4. The van der Waals surface area contributed by atoms with Crippen LogP contribution in [0.25, 0.3) is 11.1 Å². The number of hydrogen-bond donors (Lipinski definition) is 1. The van der Waals surface area contributed by atoms with Gasteiger partial charge in [-0.3, -0.25) is 15.0 Å². The lowest BCUT2D eigenvalue weighted by Gasteiger charge is -2.27. The van der Waals surface area contributed by atoms with Gasteiger partial charge in [-0.15, -0.1) is 0 Å². The van der Waals surface area contributed by atoms with Crippen LogP contribution in [0.5, 0.6) is 0 Å². The molecule has 0 bridgehead atoms. The molecule has 22 heavy (non-hydrogen) atoms. The van der Waals surface area contributed by atoms with Crippen molar-refractivity contribution >= 4 is 5.69 Å². The number of rotatable bonds is 4. The van der Waals surface area contributed by atoms with Crippen LogP contribution in [-0.4, -0.2) is 36.0 Å². The van der Waals surface area contributed by atoms with Crippen LogP contribution >= 0.6 is 0 Å². The van der Waals surface area contributed by atoms with E-state index >= 15 is 0 Å². The third kappa shape index (κ3) is 3.32. The molecule has 0 aliphatic carbocycles. The summed E-state index contributed by atoms with van der Waals surface area (Å²) in [5.74, 6) is 0. The van der Waals surface area contributed by atoms with E-state index in [9.17, 15) is 10.1 Å². The normalized spacial score (nSPS) is 15.6. The van der Waals surface area contributed by atoms with E-state index in [1.165, 1.54) is 5.56 Å². The summed E-state index contributed by atoms with van der Waals surface area (Å²) in [6.07, 6.45) is 0. The highest BCUT2D eigenvalue weighted by molar-refractivity contribution is 5.73. The lowest BCUT2D eigenvalue weighted by molar-refractivity contribution is -0.384. The minimum Gasteiger partial charge on any atom is -0.314 e. The monoisotopic (exact) mass is 297 g/mol. The molecule has 1 heterocycles. The van der Waals surface area contributed by atoms with E-state index in [0.29, 0.717) is 5.56 Å². The van der Waals surface area contributed by atoms with Crippen molar-refractivity contribution in [3.05, 3.63) is 64.2 Å². The summed E-state index contributed by atoms with van der Waals surface area (Å²) in [7, 11) is 0. The summed E-state index contributed by atoms with van der Waals surface area (Å²) in [5.41, 5.74) is 2.92. The second-order valence-corrected chi connectivity index (χ2v) is 5.50. The van der Waals surface area contributed by atoms with E-state index in [2.05, 4.69) is 22.3 Å². The van der Waals surface area contributed by atoms with Crippen molar-refractivity contribution in [1.29, 1.82) is 0 Å². The Morgan fingerprint density at radius 1 is 1.09 bits per heavy atom. The van der Waals surface area contributed by atoms with E-state index in [1.807, 2.05) is 24.3 Å². The molecule has 1 fully saturated rings. The maximum atomic E-state index is 11.2.